The molecular weight excluding hydrogens is 251 g/mol. The number of benzene rings is 1. The van der Waals surface area contributed by atoms with Crippen LogP contribution in [0.4, 0.5) is 4.39 Å². The van der Waals surface area contributed by atoms with Gasteiger partial charge in [-0.1, -0.05) is 0 Å². The van der Waals surface area contributed by atoms with Crippen LogP contribution in [0.5, 0.6) is 5.75 Å². The van der Waals surface area contributed by atoms with Gasteiger partial charge in [0.05, 0.1) is 0 Å². The topological polar surface area (TPSA) is 48.1 Å². The lowest BCUT2D eigenvalue weighted by Gasteiger charge is -2.07. The van der Waals surface area contributed by atoms with Gasteiger partial charge in [-0.05, 0) is 37.6 Å². The van der Waals surface area contributed by atoms with Crippen LogP contribution in [0.15, 0.2) is 23.6 Å². The van der Waals surface area contributed by atoms with E-state index in [1.54, 1.807) is 0 Å². The first-order valence-corrected chi connectivity index (χ1v) is 6.58. The largest absolute Gasteiger partial charge is 0.486 e. The van der Waals surface area contributed by atoms with E-state index in [-0.39, 0.29) is 5.82 Å². The van der Waals surface area contributed by atoms with Crippen LogP contribution in [0.1, 0.15) is 16.3 Å². The van der Waals surface area contributed by atoms with Crippen LogP contribution < -0.4 is 10.5 Å². The number of nitrogens with two attached hydrogens (primary N) is 1. The van der Waals surface area contributed by atoms with E-state index in [0.29, 0.717) is 25.3 Å². The van der Waals surface area contributed by atoms with Crippen LogP contribution in [-0.4, -0.2) is 11.5 Å². The monoisotopic (exact) mass is 266 g/mol. The van der Waals surface area contributed by atoms with Gasteiger partial charge in [-0.25, -0.2) is 9.37 Å². The van der Waals surface area contributed by atoms with Crippen LogP contribution in [-0.2, 0) is 13.0 Å². The predicted molar refractivity (Wildman–Crippen MR) is 70.3 cm³/mol. The summed E-state index contributed by atoms with van der Waals surface area (Å²) in [5, 5.41) is 2.85. The van der Waals surface area contributed by atoms with Gasteiger partial charge in [0, 0.05) is 17.1 Å². The Labute approximate surface area is 109 Å². The maximum Gasteiger partial charge on any atom is 0.140 e. The summed E-state index contributed by atoms with van der Waals surface area (Å²) in [6.07, 6.45) is 0.643. The molecule has 0 aliphatic rings. The normalized spacial score (nSPS) is 10.6. The zero-order valence-corrected chi connectivity index (χ0v) is 11.0. The van der Waals surface area contributed by atoms with E-state index >= 15 is 0 Å². The SMILES string of the molecule is Cc1csc(COc2cc(F)cc(CCN)c2)n1. The van der Waals surface area contributed by atoms with E-state index < -0.39 is 0 Å². The van der Waals surface area contributed by atoms with E-state index in [4.69, 9.17) is 10.5 Å². The van der Waals surface area contributed by atoms with Crippen molar-refractivity contribution in [3.8, 4) is 5.75 Å². The van der Waals surface area contributed by atoms with Crippen molar-refractivity contribution in [3.63, 3.8) is 0 Å². The van der Waals surface area contributed by atoms with E-state index in [2.05, 4.69) is 4.98 Å². The maximum absolute atomic E-state index is 13.3. The molecule has 0 bridgehead atoms. The molecule has 1 heterocycles. The fourth-order valence-corrected chi connectivity index (χ4v) is 2.31. The number of hydrogen-bond acceptors (Lipinski definition) is 4. The molecule has 0 atom stereocenters. The van der Waals surface area contributed by atoms with Gasteiger partial charge in [-0.2, -0.15) is 0 Å². The number of nitrogens with zero attached hydrogens (tertiary/aromatic N) is 1. The van der Waals surface area contributed by atoms with Crippen LogP contribution in [0.2, 0.25) is 0 Å². The second-order valence-electron chi connectivity index (χ2n) is 4.01. The minimum Gasteiger partial charge on any atom is -0.486 e. The first-order chi connectivity index (χ1) is 8.67. The second-order valence-corrected chi connectivity index (χ2v) is 4.95. The molecule has 0 amide bonds. The van der Waals surface area contributed by atoms with Crippen LogP contribution >= 0.6 is 11.3 Å². The highest BCUT2D eigenvalue weighted by atomic mass is 32.1. The molecule has 0 radical (unpaired) electrons. The highest BCUT2D eigenvalue weighted by molar-refractivity contribution is 7.09. The highest BCUT2D eigenvalue weighted by Crippen LogP contribution is 2.19. The molecule has 1 aromatic carbocycles. The summed E-state index contributed by atoms with van der Waals surface area (Å²) in [4.78, 5) is 4.29. The first kappa shape index (κ1) is 13.0. The molecule has 2 aromatic rings. The Balaban J connectivity index is 2.04. The minimum absolute atomic E-state index is 0.300. The Bertz CT molecular complexity index is 527. The zero-order chi connectivity index (χ0) is 13.0. The van der Waals surface area contributed by atoms with Gasteiger partial charge in [0.2, 0.25) is 0 Å². The van der Waals surface area contributed by atoms with Crippen LogP contribution in [0.3, 0.4) is 0 Å². The van der Waals surface area contributed by atoms with E-state index in [0.717, 1.165) is 16.3 Å². The van der Waals surface area contributed by atoms with Crippen molar-refractivity contribution in [2.24, 2.45) is 5.73 Å². The number of thiazole rings is 1. The summed E-state index contributed by atoms with van der Waals surface area (Å²) in [6.45, 7) is 2.79. The molecule has 0 fully saturated rings. The lowest BCUT2D eigenvalue weighted by molar-refractivity contribution is 0.303. The fourth-order valence-electron chi connectivity index (χ4n) is 1.63. The minimum atomic E-state index is -0.300. The molecule has 0 spiro atoms. The molecule has 0 saturated carbocycles. The summed E-state index contributed by atoms with van der Waals surface area (Å²) in [6, 6.07) is 4.67. The Morgan fingerprint density at radius 2 is 2.22 bits per heavy atom. The molecule has 3 nitrogen and oxygen atoms in total. The summed E-state index contributed by atoms with van der Waals surface area (Å²) in [5.74, 6) is 0.220. The summed E-state index contributed by atoms with van der Waals surface area (Å²) >= 11 is 1.54. The molecule has 2 rings (SSSR count). The average Bonchev–Trinajstić information content (AvgIpc) is 2.72. The van der Waals surface area contributed by atoms with Crippen LogP contribution in [0, 0.1) is 12.7 Å². The molecule has 0 aliphatic heterocycles. The van der Waals surface area contributed by atoms with Gasteiger partial charge in [0.15, 0.2) is 0 Å². The number of aromatic nitrogens is 1. The second kappa shape index (κ2) is 5.93. The molecular formula is C13H15FN2OS. The van der Waals surface area contributed by atoms with Gasteiger partial charge in [0.25, 0.3) is 0 Å². The average molecular weight is 266 g/mol. The van der Waals surface area contributed by atoms with Gasteiger partial charge < -0.3 is 10.5 Å². The Kier molecular flexibility index (Phi) is 4.28. The highest BCUT2D eigenvalue weighted by Gasteiger charge is 2.04. The third-order valence-corrected chi connectivity index (χ3v) is 3.33. The standard InChI is InChI=1S/C13H15FN2OS/c1-9-8-18-13(16-9)7-17-12-5-10(2-3-15)4-11(14)6-12/h4-6,8H,2-3,7,15H2,1H3. The summed E-state index contributed by atoms with van der Waals surface area (Å²) in [7, 11) is 0. The molecule has 0 unspecified atom stereocenters. The Morgan fingerprint density at radius 3 is 2.89 bits per heavy atom. The van der Waals surface area contributed by atoms with Crippen molar-refractivity contribution >= 4 is 11.3 Å². The first-order valence-electron chi connectivity index (χ1n) is 5.70. The summed E-state index contributed by atoms with van der Waals surface area (Å²) in [5.41, 5.74) is 7.28. The third kappa shape index (κ3) is 3.51. The Hall–Kier alpha value is -1.46. The molecule has 0 saturated heterocycles. The summed E-state index contributed by atoms with van der Waals surface area (Å²) < 4.78 is 18.9. The van der Waals surface area contributed by atoms with Crippen molar-refractivity contribution in [2.75, 3.05) is 6.54 Å². The van der Waals surface area contributed by atoms with Gasteiger partial charge in [-0.15, -0.1) is 11.3 Å². The van der Waals surface area contributed by atoms with Gasteiger partial charge in [0.1, 0.15) is 23.2 Å². The molecule has 96 valence electrons. The zero-order valence-electron chi connectivity index (χ0n) is 10.1. The van der Waals surface area contributed by atoms with Crippen molar-refractivity contribution in [1.82, 2.24) is 4.98 Å². The van der Waals surface area contributed by atoms with Crippen molar-refractivity contribution in [3.05, 3.63) is 45.7 Å². The number of aryl methyl sites for hydroxylation is 1. The maximum atomic E-state index is 13.3. The van der Waals surface area contributed by atoms with Crippen molar-refractivity contribution < 1.29 is 9.13 Å². The van der Waals surface area contributed by atoms with Crippen molar-refractivity contribution in [2.45, 2.75) is 20.0 Å². The number of ether oxygens (including phenoxy) is 1. The molecule has 5 heteroatoms. The molecule has 0 aliphatic carbocycles. The number of halogens is 1. The molecule has 2 N–H and O–H groups in total. The Morgan fingerprint density at radius 1 is 1.39 bits per heavy atom. The molecule has 18 heavy (non-hydrogen) atoms. The van der Waals surface area contributed by atoms with Gasteiger partial charge in [-0.3, -0.25) is 0 Å². The smallest absolute Gasteiger partial charge is 0.140 e. The van der Waals surface area contributed by atoms with E-state index in [9.17, 15) is 4.39 Å². The lowest BCUT2D eigenvalue weighted by atomic mass is 10.1. The van der Waals surface area contributed by atoms with Crippen molar-refractivity contribution in [1.29, 1.82) is 0 Å². The predicted octanol–water partition coefficient (Wildman–Crippen LogP) is 2.67. The number of hydrogen-bond donors (Lipinski definition) is 1. The third-order valence-electron chi connectivity index (χ3n) is 2.39. The van der Waals surface area contributed by atoms with E-state index in [1.807, 2.05) is 18.4 Å². The molecule has 1 aromatic heterocycles. The number of rotatable bonds is 5. The quantitative estimate of drug-likeness (QED) is 0.905. The van der Waals surface area contributed by atoms with Gasteiger partial charge >= 0.3 is 0 Å². The van der Waals surface area contributed by atoms with E-state index in [1.165, 1.54) is 23.5 Å². The fraction of sp³-hybridized carbons (Fsp3) is 0.308. The lowest BCUT2D eigenvalue weighted by Crippen LogP contribution is -2.03. The van der Waals surface area contributed by atoms with Crippen LogP contribution in [0.25, 0.3) is 0 Å².